The van der Waals surface area contributed by atoms with Crippen molar-refractivity contribution in [1.29, 1.82) is 0 Å². The Morgan fingerprint density at radius 3 is 2.22 bits per heavy atom. The topological polar surface area (TPSA) is 53.1 Å². The maximum atomic E-state index is 9.00. The number of fused-ring (bicyclic) bond motifs is 1. The third-order valence-corrected chi connectivity index (χ3v) is 5.42. The molecule has 0 spiro atoms. The van der Waals surface area contributed by atoms with Gasteiger partial charge in [-0.25, -0.2) is 0 Å². The van der Waals surface area contributed by atoms with E-state index < -0.39 is 5.97 Å². The Bertz CT molecular complexity index is 548. The number of rotatable bonds is 0. The molecule has 3 nitrogen and oxygen atoms in total. The molecule has 2 N–H and O–H groups in total. The number of aromatic amines is 1. The van der Waals surface area contributed by atoms with E-state index in [0.717, 1.165) is 6.92 Å². The predicted octanol–water partition coefficient (Wildman–Crippen LogP) is 2.73. The standard InChI is InChI=1S/C12H14N.C2H4O2.Hg/c1-12(2,3)11-8-9-6-4-5-7-10(9)13-11;1-2(3)4;/h4-7,13H,1-3H3;1H3,(H,3,4);. The van der Waals surface area contributed by atoms with Crippen molar-refractivity contribution in [2.75, 3.05) is 0 Å². The summed E-state index contributed by atoms with van der Waals surface area (Å²) < 4.78 is 1.58. The van der Waals surface area contributed by atoms with E-state index in [9.17, 15) is 0 Å². The monoisotopic (exact) mass is 434 g/mol. The number of H-pyrrole nitrogens is 1. The molecule has 0 fully saturated rings. The van der Waals surface area contributed by atoms with Crippen molar-refractivity contribution in [3.63, 3.8) is 0 Å². The van der Waals surface area contributed by atoms with Gasteiger partial charge in [-0.2, -0.15) is 0 Å². The summed E-state index contributed by atoms with van der Waals surface area (Å²) >= 11 is 0.677. The zero-order chi connectivity index (χ0) is 13.9. The van der Waals surface area contributed by atoms with Gasteiger partial charge >= 0.3 is 101 Å². The fourth-order valence-electron chi connectivity index (χ4n) is 1.84. The normalized spacial score (nSPS) is 11.0. The molecule has 0 atom stereocenters. The number of hydrogen-bond donors (Lipinski definition) is 2. The summed E-state index contributed by atoms with van der Waals surface area (Å²) in [5.74, 6) is -0.833. The third-order valence-electron chi connectivity index (χ3n) is 2.56. The molecule has 1 heterocycles. The van der Waals surface area contributed by atoms with Gasteiger partial charge in [0.05, 0.1) is 0 Å². The molecule has 2 aromatic rings. The Labute approximate surface area is 124 Å². The van der Waals surface area contributed by atoms with Crippen molar-refractivity contribution in [3.05, 3.63) is 30.0 Å². The summed E-state index contributed by atoms with van der Waals surface area (Å²) in [4.78, 5) is 12.6. The van der Waals surface area contributed by atoms with Crippen LogP contribution in [0.5, 0.6) is 0 Å². The molecule has 0 saturated heterocycles. The Morgan fingerprint density at radius 2 is 1.78 bits per heavy atom. The minimum absolute atomic E-state index is 0.246. The van der Waals surface area contributed by atoms with Crippen molar-refractivity contribution >= 4 is 19.9 Å². The Kier molecular flexibility index (Phi) is 4.96. The van der Waals surface area contributed by atoms with Gasteiger partial charge in [0.1, 0.15) is 0 Å². The van der Waals surface area contributed by atoms with Gasteiger partial charge in [-0.1, -0.05) is 0 Å². The van der Waals surface area contributed by atoms with Crippen LogP contribution in [-0.2, 0) is 36.3 Å². The molecular formula is C14H18HgNO2. The van der Waals surface area contributed by atoms with Crippen LogP contribution in [0.3, 0.4) is 0 Å². The van der Waals surface area contributed by atoms with Gasteiger partial charge in [-0.3, -0.25) is 4.79 Å². The summed E-state index contributed by atoms with van der Waals surface area (Å²) in [6.45, 7) is 7.90. The molecule has 18 heavy (non-hydrogen) atoms. The van der Waals surface area contributed by atoms with Crippen LogP contribution in [0.15, 0.2) is 24.3 Å². The summed E-state index contributed by atoms with van der Waals surface area (Å²) in [6, 6.07) is 8.61. The second-order valence-corrected chi connectivity index (χ2v) is 8.04. The van der Waals surface area contributed by atoms with Crippen molar-refractivity contribution in [2.24, 2.45) is 0 Å². The number of benzene rings is 1. The summed E-state index contributed by atoms with van der Waals surface area (Å²) in [6.07, 6.45) is 0. The average molecular weight is 433 g/mol. The SMILES string of the molecule is CC(=O)O.CC(C)(C)c1[nH]c2ccccc2[c]1[Hg]. The zero-order valence-electron chi connectivity index (χ0n) is 11.4. The number of hydrogen-bond acceptors (Lipinski definition) is 1. The van der Waals surface area contributed by atoms with E-state index in [4.69, 9.17) is 9.90 Å². The van der Waals surface area contributed by atoms with E-state index in [-0.39, 0.29) is 5.41 Å². The molecule has 0 amide bonds. The van der Waals surface area contributed by atoms with E-state index in [1.165, 1.54) is 16.6 Å². The molecular weight excluding hydrogens is 415 g/mol. The van der Waals surface area contributed by atoms with Crippen molar-refractivity contribution < 1.29 is 36.0 Å². The number of carboxylic acid groups (broad SMARTS) is 1. The Hall–Kier alpha value is -0.835. The summed E-state index contributed by atoms with van der Waals surface area (Å²) in [7, 11) is 0. The molecule has 1 aromatic carbocycles. The molecule has 0 unspecified atom stereocenters. The Morgan fingerprint density at radius 1 is 1.28 bits per heavy atom. The summed E-state index contributed by atoms with van der Waals surface area (Å²) in [5, 5.41) is 8.85. The first-order valence-corrected chi connectivity index (χ1v) is 8.61. The minimum atomic E-state index is -0.833. The fourth-order valence-corrected chi connectivity index (χ4v) is 5.44. The maximum absolute atomic E-state index is 9.00. The van der Waals surface area contributed by atoms with Gasteiger partial charge in [0.25, 0.3) is 5.97 Å². The first-order chi connectivity index (χ1) is 8.23. The number of nitrogens with one attached hydrogen (secondary N) is 1. The number of carboxylic acids is 1. The van der Waals surface area contributed by atoms with E-state index in [0.29, 0.717) is 26.1 Å². The van der Waals surface area contributed by atoms with Crippen LogP contribution < -0.4 is 3.07 Å². The van der Waals surface area contributed by atoms with Gasteiger partial charge in [0, 0.05) is 6.92 Å². The Balaban J connectivity index is 0.000000357. The molecule has 0 aliphatic heterocycles. The molecule has 0 aliphatic rings. The molecule has 93 valence electrons. The molecule has 0 aliphatic carbocycles. The zero-order valence-corrected chi connectivity index (χ0v) is 16.9. The second kappa shape index (κ2) is 5.87. The van der Waals surface area contributed by atoms with Crippen molar-refractivity contribution in [1.82, 2.24) is 4.98 Å². The molecule has 0 radical (unpaired) electrons. The van der Waals surface area contributed by atoms with Crippen LogP contribution in [-0.4, -0.2) is 16.1 Å². The van der Waals surface area contributed by atoms with Crippen LogP contribution >= 0.6 is 0 Å². The molecule has 1 aromatic heterocycles. The van der Waals surface area contributed by atoms with Crippen LogP contribution in [0.4, 0.5) is 0 Å². The van der Waals surface area contributed by atoms with Gasteiger partial charge in [0.2, 0.25) is 0 Å². The predicted molar refractivity (Wildman–Crippen MR) is 69.9 cm³/mol. The number of para-hydroxylation sites is 1. The number of aromatic nitrogens is 1. The van der Waals surface area contributed by atoms with Crippen molar-refractivity contribution in [2.45, 2.75) is 33.1 Å². The van der Waals surface area contributed by atoms with E-state index in [2.05, 4.69) is 50.0 Å². The number of aliphatic carboxylic acids is 1. The van der Waals surface area contributed by atoms with Crippen molar-refractivity contribution in [3.8, 4) is 0 Å². The van der Waals surface area contributed by atoms with Gasteiger partial charge < -0.3 is 5.11 Å². The quantitative estimate of drug-likeness (QED) is 0.629. The fraction of sp³-hybridized carbons (Fsp3) is 0.357. The van der Waals surface area contributed by atoms with Crippen LogP contribution in [0.1, 0.15) is 33.4 Å². The molecule has 4 heteroatoms. The van der Waals surface area contributed by atoms with Crippen LogP contribution in [0.25, 0.3) is 10.9 Å². The molecule has 0 saturated carbocycles. The first kappa shape index (κ1) is 15.2. The summed E-state index contributed by atoms with van der Waals surface area (Å²) in [5.41, 5.74) is 2.97. The molecule has 2 rings (SSSR count). The average Bonchev–Trinajstić information content (AvgIpc) is 2.56. The van der Waals surface area contributed by atoms with E-state index >= 15 is 0 Å². The van der Waals surface area contributed by atoms with Gasteiger partial charge in [-0.05, 0) is 0 Å². The van der Waals surface area contributed by atoms with E-state index in [1.807, 2.05) is 0 Å². The van der Waals surface area contributed by atoms with Crippen LogP contribution in [0, 0.1) is 0 Å². The third kappa shape index (κ3) is 3.84. The van der Waals surface area contributed by atoms with Crippen LogP contribution in [0.2, 0.25) is 0 Å². The van der Waals surface area contributed by atoms with Gasteiger partial charge in [-0.15, -0.1) is 0 Å². The molecule has 0 bridgehead atoms. The van der Waals surface area contributed by atoms with Gasteiger partial charge in [0.15, 0.2) is 0 Å². The number of carbonyl (C=O) groups is 1. The van der Waals surface area contributed by atoms with E-state index in [1.54, 1.807) is 3.07 Å². The first-order valence-electron chi connectivity index (χ1n) is 5.86. The second-order valence-electron chi connectivity index (χ2n) is 5.29.